The molecular weight excluding hydrogens is 338 g/mol. The van der Waals surface area contributed by atoms with Crippen LogP contribution in [-0.4, -0.2) is 18.1 Å². The Labute approximate surface area is 103 Å². The number of methoxy groups -OCH3 is 1. The minimum absolute atomic E-state index is 0.0356. The molecule has 3 nitrogen and oxygen atoms in total. The fraction of sp³-hybridized carbons (Fsp3) is 0.333. The van der Waals surface area contributed by atoms with E-state index in [1.165, 1.54) is 22.6 Å². The number of alkyl halides is 3. The molecule has 0 N–H and O–H groups in total. The van der Waals surface area contributed by atoms with Gasteiger partial charge in [-0.05, 0) is 28.2 Å². The second-order valence-electron chi connectivity index (χ2n) is 2.91. The van der Waals surface area contributed by atoms with E-state index in [1.807, 2.05) is 0 Å². The van der Waals surface area contributed by atoms with Crippen LogP contribution in [0.3, 0.4) is 0 Å². The second kappa shape index (κ2) is 4.98. The van der Waals surface area contributed by atoms with Gasteiger partial charge >= 0.3 is 12.1 Å². The highest BCUT2D eigenvalue weighted by Crippen LogP contribution is 2.35. The smallest absolute Gasteiger partial charge is 0.417 e. The molecule has 16 heavy (non-hydrogen) atoms. The molecule has 0 saturated carbocycles. The van der Waals surface area contributed by atoms with Crippen LogP contribution in [0.15, 0.2) is 12.4 Å². The molecule has 1 heterocycles. The molecule has 1 rings (SSSR count). The summed E-state index contributed by atoms with van der Waals surface area (Å²) in [6.45, 7) is 0. The highest BCUT2D eigenvalue weighted by Gasteiger charge is 2.36. The van der Waals surface area contributed by atoms with E-state index >= 15 is 0 Å². The highest BCUT2D eigenvalue weighted by atomic mass is 127. The van der Waals surface area contributed by atoms with E-state index in [-0.39, 0.29) is 9.13 Å². The first kappa shape index (κ1) is 13.2. The van der Waals surface area contributed by atoms with Crippen molar-refractivity contribution in [3.05, 3.63) is 27.1 Å². The molecular formula is C9H7F3INO2. The van der Waals surface area contributed by atoms with E-state index in [9.17, 15) is 18.0 Å². The largest absolute Gasteiger partial charge is 0.469 e. The van der Waals surface area contributed by atoms with Gasteiger partial charge in [-0.25, -0.2) is 0 Å². The molecule has 0 saturated heterocycles. The van der Waals surface area contributed by atoms with Crippen molar-refractivity contribution in [3.8, 4) is 0 Å². The molecule has 0 fully saturated rings. The van der Waals surface area contributed by atoms with E-state index in [4.69, 9.17) is 0 Å². The fourth-order valence-corrected chi connectivity index (χ4v) is 1.97. The lowest BCUT2D eigenvalue weighted by Crippen LogP contribution is -2.15. The minimum atomic E-state index is -4.50. The van der Waals surface area contributed by atoms with Gasteiger partial charge in [0.1, 0.15) is 0 Å². The molecule has 1 aromatic rings. The third-order valence-electron chi connectivity index (χ3n) is 1.82. The van der Waals surface area contributed by atoms with E-state index in [0.29, 0.717) is 0 Å². The van der Waals surface area contributed by atoms with Gasteiger partial charge in [0.2, 0.25) is 0 Å². The van der Waals surface area contributed by atoms with Crippen LogP contribution in [0.5, 0.6) is 0 Å². The molecule has 0 unspecified atom stereocenters. The van der Waals surface area contributed by atoms with E-state index in [1.54, 1.807) is 0 Å². The predicted molar refractivity (Wildman–Crippen MR) is 57.7 cm³/mol. The average molecular weight is 345 g/mol. The van der Waals surface area contributed by atoms with Crippen molar-refractivity contribution in [1.29, 1.82) is 0 Å². The molecule has 0 aliphatic carbocycles. The summed E-state index contributed by atoms with van der Waals surface area (Å²) in [5, 5.41) is 0. The average Bonchev–Trinajstić information content (AvgIpc) is 2.15. The van der Waals surface area contributed by atoms with Gasteiger partial charge < -0.3 is 4.74 Å². The normalized spacial score (nSPS) is 11.3. The summed E-state index contributed by atoms with van der Waals surface area (Å²) in [7, 11) is 1.12. The third kappa shape index (κ3) is 3.06. The number of ether oxygens (including phenoxy) is 1. The zero-order valence-corrected chi connectivity index (χ0v) is 10.3. The molecule has 7 heteroatoms. The van der Waals surface area contributed by atoms with Crippen LogP contribution in [0.4, 0.5) is 13.2 Å². The Bertz CT molecular complexity index is 406. The van der Waals surface area contributed by atoms with Crippen LogP contribution in [0, 0.1) is 3.57 Å². The Hall–Kier alpha value is -0.860. The molecule has 0 atom stereocenters. The van der Waals surface area contributed by atoms with Crippen LogP contribution < -0.4 is 0 Å². The maximum absolute atomic E-state index is 12.7. The van der Waals surface area contributed by atoms with Gasteiger partial charge in [-0.3, -0.25) is 9.78 Å². The van der Waals surface area contributed by atoms with Crippen molar-refractivity contribution in [2.75, 3.05) is 7.11 Å². The van der Waals surface area contributed by atoms with Crippen molar-refractivity contribution < 1.29 is 22.7 Å². The summed E-state index contributed by atoms with van der Waals surface area (Å²) in [5.74, 6) is -0.727. The van der Waals surface area contributed by atoms with Crippen molar-refractivity contribution in [3.63, 3.8) is 0 Å². The first-order valence-corrected chi connectivity index (χ1v) is 5.20. The van der Waals surface area contributed by atoms with Crippen LogP contribution in [0.2, 0.25) is 0 Å². The van der Waals surface area contributed by atoms with Crippen molar-refractivity contribution in [1.82, 2.24) is 4.98 Å². The Morgan fingerprint density at radius 1 is 1.50 bits per heavy atom. The number of halogens is 4. The number of rotatable bonds is 2. The molecule has 0 aliphatic rings. The molecule has 0 bridgehead atoms. The number of carbonyl (C=O) groups is 1. The van der Waals surface area contributed by atoms with Crippen LogP contribution >= 0.6 is 22.6 Å². The number of pyridine rings is 1. The first-order valence-electron chi connectivity index (χ1n) is 4.12. The van der Waals surface area contributed by atoms with Gasteiger partial charge in [-0.1, -0.05) is 0 Å². The summed E-state index contributed by atoms with van der Waals surface area (Å²) < 4.78 is 42.3. The minimum Gasteiger partial charge on any atom is -0.469 e. The SMILES string of the molecule is COC(=O)Cc1cncc(I)c1C(F)(F)F. The zero-order valence-electron chi connectivity index (χ0n) is 8.14. The van der Waals surface area contributed by atoms with Gasteiger partial charge in [0.05, 0.1) is 19.1 Å². The molecule has 0 amide bonds. The molecule has 0 radical (unpaired) electrons. The van der Waals surface area contributed by atoms with E-state index < -0.39 is 24.1 Å². The molecule has 0 spiro atoms. The Morgan fingerprint density at radius 3 is 2.62 bits per heavy atom. The number of nitrogens with zero attached hydrogens (tertiary/aromatic N) is 1. The Balaban J connectivity index is 3.18. The topological polar surface area (TPSA) is 39.2 Å². The molecule has 0 aromatic carbocycles. The predicted octanol–water partition coefficient (Wildman–Crippen LogP) is 2.42. The Morgan fingerprint density at radius 2 is 2.12 bits per heavy atom. The lowest BCUT2D eigenvalue weighted by Gasteiger charge is -2.13. The molecule has 0 aliphatic heterocycles. The third-order valence-corrected chi connectivity index (χ3v) is 2.64. The van der Waals surface area contributed by atoms with Crippen molar-refractivity contribution >= 4 is 28.6 Å². The Kier molecular flexibility index (Phi) is 4.11. The van der Waals surface area contributed by atoms with E-state index in [2.05, 4.69) is 9.72 Å². The number of aromatic nitrogens is 1. The summed E-state index contributed by atoms with van der Waals surface area (Å²) in [6, 6.07) is 0. The fourth-order valence-electron chi connectivity index (χ4n) is 1.15. The van der Waals surface area contributed by atoms with E-state index in [0.717, 1.165) is 19.5 Å². The summed E-state index contributed by atoms with van der Waals surface area (Å²) >= 11 is 1.54. The lowest BCUT2D eigenvalue weighted by atomic mass is 10.1. The number of hydrogen-bond acceptors (Lipinski definition) is 3. The number of carbonyl (C=O) groups excluding carboxylic acids is 1. The molecule has 88 valence electrons. The highest BCUT2D eigenvalue weighted by molar-refractivity contribution is 14.1. The second-order valence-corrected chi connectivity index (χ2v) is 4.07. The number of hydrogen-bond donors (Lipinski definition) is 0. The van der Waals surface area contributed by atoms with Crippen LogP contribution in [0.1, 0.15) is 11.1 Å². The summed E-state index contributed by atoms with van der Waals surface area (Å²) in [5.41, 5.74) is -1.00. The number of esters is 1. The maximum Gasteiger partial charge on any atom is 0.417 e. The maximum atomic E-state index is 12.7. The van der Waals surface area contributed by atoms with Crippen molar-refractivity contribution in [2.45, 2.75) is 12.6 Å². The lowest BCUT2D eigenvalue weighted by molar-refractivity contribution is -0.141. The quantitative estimate of drug-likeness (QED) is 0.611. The van der Waals surface area contributed by atoms with Gasteiger partial charge in [-0.15, -0.1) is 0 Å². The van der Waals surface area contributed by atoms with Crippen LogP contribution in [-0.2, 0) is 22.1 Å². The summed E-state index contributed by atoms with van der Waals surface area (Å²) in [4.78, 5) is 14.6. The van der Waals surface area contributed by atoms with Gasteiger partial charge in [0.15, 0.2) is 0 Å². The first-order chi connectivity index (χ1) is 7.36. The monoisotopic (exact) mass is 345 g/mol. The van der Waals surface area contributed by atoms with Gasteiger partial charge in [0, 0.05) is 16.0 Å². The molecule has 1 aromatic heterocycles. The summed E-state index contributed by atoms with van der Waals surface area (Å²) in [6.07, 6.45) is -2.80. The van der Waals surface area contributed by atoms with Crippen molar-refractivity contribution in [2.24, 2.45) is 0 Å². The standard InChI is InChI=1S/C9H7F3INO2/c1-16-7(15)2-5-3-14-4-6(13)8(5)9(10,11)12/h3-4H,2H2,1H3. The van der Waals surface area contributed by atoms with Gasteiger partial charge in [-0.2, -0.15) is 13.2 Å². The van der Waals surface area contributed by atoms with Crippen LogP contribution in [0.25, 0.3) is 0 Å². The van der Waals surface area contributed by atoms with Gasteiger partial charge in [0.25, 0.3) is 0 Å². The zero-order chi connectivity index (χ0) is 12.3.